The lowest BCUT2D eigenvalue weighted by molar-refractivity contribution is 0.191. The summed E-state index contributed by atoms with van der Waals surface area (Å²) in [6, 6.07) is 4.35. The van der Waals surface area contributed by atoms with E-state index in [1.54, 1.807) is 0 Å². The Balaban J connectivity index is 1.34. The SMILES string of the molecule is CN=C(NCCCN1CCC(C)CC1)N1CCN(c2cccs2)CC1. The van der Waals surface area contributed by atoms with E-state index in [4.69, 9.17) is 0 Å². The van der Waals surface area contributed by atoms with Crippen LogP contribution in [0, 0.1) is 5.92 Å². The van der Waals surface area contributed by atoms with Crippen molar-refractivity contribution in [3.05, 3.63) is 17.5 Å². The Labute approximate surface area is 156 Å². The van der Waals surface area contributed by atoms with Crippen molar-refractivity contribution < 1.29 is 0 Å². The van der Waals surface area contributed by atoms with Crippen molar-refractivity contribution in [1.29, 1.82) is 0 Å². The van der Waals surface area contributed by atoms with Crippen LogP contribution >= 0.6 is 11.3 Å². The number of piperidine rings is 1. The fraction of sp³-hybridized carbons (Fsp3) is 0.737. The van der Waals surface area contributed by atoms with E-state index in [9.17, 15) is 0 Å². The largest absolute Gasteiger partial charge is 0.360 e. The summed E-state index contributed by atoms with van der Waals surface area (Å²) in [5.41, 5.74) is 0. The van der Waals surface area contributed by atoms with E-state index < -0.39 is 0 Å². The van der Waals surface area contributed by atoms with Gasteiger partial charge < -0.3 is 20.0 Å². The highest BCUT2D eigenvalue weighted by molar-refractivity contribution is 7.14. The van der Waals surface area contributed by atoms with Crippen molar-refractivity contribution in [2.24, 2.45) is 10.9 Å². The Morgan fingerprint density at radius 2 is 1.96 bits per heavy atom. The zero-order valence-corrected chi connectivity index (χ0v) is 16.6. The molecule has 5 nitrogen and oxygen atoms in total. The van der Waals surface area contributed by atoms with E-state index in [-0.39, 0.29) is 0 Å². The molecule has 25 heavy (non-hydrogen) atoms. The van der Waals surface area contributed by atoms with Crippen LogP contribution in [0.1, 0.15) is 26.2 Å². The molecule has 2 aliphatic rings. The number of nitrogens with zero attached hydrogens (tertiary/aromatic N) is 4. The predicted molar refractivity (Wildman–Crippen MR) is 109 cm³/mol. The molecule has 0 spiro atoms. The summed E-state index contributed by atoms with van der Waals surface area (Å²) in [5.74, 6) is 1.99. The topological polar surface area (TPSA) is 34.1 Å². The number of piperazine rings is 1. The fourth-order valence-corrected chi connectivity index (χ4v) is 4.49. The maximum atomic E-state index is 4.50. The monoisotopic (exact) mass is 363 g/mol. The number of anilines is 1. The Kier molecular flexibility index (Phi) is 6.99. The van der Waals surface area contributed by atoms with Crippen LogP contribution in [-0.4, -0.2) is 75.2 Å². The van der Waals surface area contributed by atoms with Gasteiger partial charge in [-0.15, -0.1) is 11.3 Å². The van der Waals surface area contributed by atoms with Crippen LogP contribution in [0.5, 0.6) is 0 Å². The van der Waals surface area contributed by atoms with Gasteiger partial charge in [-0.3, -0.25) is 4.99 Å². The Bertz CT molecular complexity index is 514. The number of likely N-dealkylation sites (tertiary alicyclic amines) is 1. The van der Waals surface area contributed by atoms with Crippen molar-refractivity contribution >= 4 is 22.3 Å². The molecule has 0 aliphatic carbocycles. The number of thiophene rings is 1. The number of guanidine groups is 1. The number of rotatable bonds is 5. The smallest absolute Gasteiger partial charge is 0.193 e. The third-order valence-corrected chi connectivity index (χ3v) is 6.35. The van der Waals surface area contributed by atoms with E-state index >= 15 is 0 Å². The number of hydrogen-bond donors (Lipinski definition) is 1. The summed E-state index contributed by atoms with van der Waals surface area (Å²) in [6.45, 7) is 11.4. The summed E-state index contributed by atoms with van der Waals surface area (Å²) < 4.78 is 0. The van der Waals surface area contributed by atoms with E-state index in [2.05, 4.69) is 49.4 Å². The van der Waals surface area contributed by atoms with Crippen LogP contribution in [0.2, 0.25) is 0 Å². The molecule has 3 rings (SSSR count). The molecule has 6 heteroatoms. The van der Waals surface area contributed by atoms with Crippen LogP contribution < -0.4 is 10.2 Å². The van der Waals surface area contributed by atoms with Gasteiger partial charge in [0, 0.05) is 39.8 Å². The van der Waals surface area contributed by atoms with Crippen LogP contribution in [0.15, 0.2) is 22.5 Å². The van der Waals surface area contributed by atoms with Crippen molar-refractivity contribution in [2.45, 2.75) is 26.2 Å². The summed E-state index contributed by atoms with van der Waals surface area (Å²) in [4.78, 5) is 12.0. The van der Waals surface area contributed by atoms with Gasteiger partial charge in [-0.1, -0.05) is 6.92 Å². The van der Waals surface area contributed by atoms with Crippen molar-refractivity contribution in [3.8, 4) is 0 Å². The molecule has 2 saturated heterocycles. The molecule has 3 heterocycles. The van der Waals surface area contributed by atoms with Crippen molar-refractivity contribution in [1.82, 2.24) is 15.1 Å². The second kappa shape index (κ2) is 9.43. The molecular weight excluding hydrogens is 330 g/mol. The summed E-state index contributed by atoms with van der Waals surface area (Å²) in [6.07, 6.45) is 3.93. The van der Waals surface area contributed by atoms with Crippen LogP contribution in [0.4, 0.5) is 5.00 Å². The molecule has 2 aliphatic heterocycles. The van der Waals surface area contributed by atoms with E-state index in [1.165, 1.54) is 43.9 Å². The Morgan fingerprint density at radius 3 is 2.60 bits per heavy atom. The number of nitrogens with one attached hydrogen (secondary N) is 1. The van der Waals surface area contributed by atoms with Crippen molar-refractivity contribution in [3.63, 3.8) is 0 Å². The summed E-state index contributed by atoms with van der Waals surface area (Å²) >= 11 is 1.83. The molecule has 0 bridgehead atoms. The molecule has 0 saturated carbocycles. The van der Waals surface area contributed by atoms with Crippen LogP contribution in [0.25, 0.3) is 0 Å². The molecule has 0 unspecified atom stereocenters. The lowest BCUT2D eigenvalue weighted by atomic mass is 9.99. The molecule has 0 radical (unpaired) electrons. The second-order valence-electron chi connectivity index (χ2n) is 7.28. The average molecular weight is 364 g/mol. The minimum atomic E-state index is 0.918. The van der Waals surface area contributed by atoms with Gasteiger partial charge in [0.1, 0.15) is 0 Å². The molecule has 0 atom stereocenters. The number of hydrogen-bond acceptors (Lipinski definition) is 4. The molecule has 140 valence electrons. The maximum Gasteiger partial charge on any atom is 0.193 e. The molecular formula is C19H33N5S. The Morgan fingerprint density at radius 1 is 1.20 bits per heavy atom. The van der Waals surface area contributed by atoms with Crippen LogP contribution in [-0.2, 0) is 0 Å². The minimum Gasteiger partial charge on any atom is -0.360 e. The first-order valence-electron chi connectivity index (χ1n) is 9.72. The second-order valence-corrected chi connectivity index (χ2v) is 8.20. The van der Waals surface area contributed by atoms with Gasteiger partial charge in [-0.05, 0) is 62.3 Å². The van der Waals surface area contributed by atoms with Gasteiger partial charge in [-0.2, -0.15) is 0 Å². The van der Waals surface area contributed by atoms with E-state index in [0.29, 0.717) is 0 Å². The van der Waals surface area contributed by atoms with Gasteiger partial charge >= 0.3 is 0 Å². The molecule has 1 N–H and O–H groups in total. The average Bonchev–Trinajstić information content (AvgIpc) is 3.18. The molecule has 1 aromatic heterocycles. The lowest BCUT2D eigenvalue weighted by Crippen LogP contribution is -2.52. The maximum absolute atomic E-state index is 4.50. The normalized spacial score (nSPS) is 21.0. The van der Waals surface area contributed by atoms with Gasteiger partial charge in [-0.25, -0.2) is 0 Å². The lowest BCUT2D eigenvalue weighted by Gasteiger charge is -2.37. The third-order valence-electron chi connectivity index (χ3n) is 5.42. The predicted octanol–water partition coefficient (Wildman–Crippen LogP) is 2.57. The van der Waals surface area contributed by atoms with Gasteiger partial charge in [0.05, 0.1) is 5.00 Å². The first-order valence-corrected chi connectivity index (χ1v) is 10.6. The third kappa shape index (κ3) is 5.35. The molecule has 0 amide bonds. The summed E-state index contributed by atoms with van der Waals surface area (Å²) in [5, 5.41) is 7.12. The summed E-state index contributed by atoms with van der Waals surface area (Å²) in [7, 11) is 1.90. The van der Waals surface area contributed by atoms with Gasteiger partial charge in [0.2, 0.25) is 0 Å². The number of aliphatic imine (C=N–C) groups is 1. The first kappa shape index (κ1) is 18.5. The van der Waals surface area contributed by atoms with E-state index in [1.807, 2.05) is 18.4 Å². The highest BCUT2D eigenvalue weighted by Crippen LogP contribution is 2.22. The van der Waals surface area contributed by atoms with Gasteiger partial charge in [0.25, 0.3) is 0 Å². The van der Waals surface area contributed by atoms with Gasteiger partial charge in [0.15, 0.2) is 5.96 Å². The first-order chi connectivity index (χ1) is 12.3. The zero-order chi connectivity index (χ0) is 17.5. The fourth-order valence-electron chi connectivity index (χ4n) is 3.71. The van der Waals surface area contributed by atoms with Crippen LogP contribution in [0.3, 0.4) is 0 Å². The Hall–Kier alpha value is -1.27. The highest BCUT2D eigenvalue weighted by Gasteiger charge is 2.20. The highest BCUT2D eigenvalue weighted by atomic mass is 32.1. The van der Waals surface area contributed by atoms with E-state index in [0.717, 1.165) is 44.6 Å². The molecule has 0 aromatic carbocycles. The zero-order valence-electron chi connectivity index (χ0n) is 15.8. The quantitative estimate of drug-likeness (QED) is 0.495. The minimum absolute atomic E-state index is 0.918. The molecule has 2 fully saturated rings. The standard InChI is InChI=1S/C19H33N5S/c1-17-6-10-22(11-7-17)9-4-8-21-19(20-2)24-14-12-23(13-15-24)18-5-3-16-25-18/h3,5,16-17H,4,6-15H2,1-2H3,(H,20,21). The van der Waals surface area contributed by atoms with Crippen molar-refractivity contribution in [2.75, 3.05) is 64.3 Å². The molecule has 1 aromatic rings.